The van der Waals surface area contributed by atoms with Crippen molar-refractivity contribution in [1.82, 2.24) is 15.3 Å². The molecule has 0 spiro atoms. The van der Waals surface area contributed by atoms with Crippen LogP contribution >= 0.6 is 0 Å². The number of amides is 1. The maximum Gasteiger partial charge on any atom is 0.271 e. The van der Waals surface area contributed by atoms with Gasteiger partial charge in [-0.2, -0.15) is 0 Å². The van der Waals surface area contributed by atoms with E-state index in [1.165, 1.54) is 24.5 Å². The van der Waals surface area contributed by atoms with E-state index in [2.05, 4.69) is 15.3 Å². The van der Waals surface area contributed by atoms with Gasteiger partial charge in [0.15, 0.2) is 6.61 Å². The first kappa shape index (κ1) is 17.3. The van der Waals surface area contributed by atoms with Crippen molar-refractivity contribution >= 4 is 22.5 Å². The second-order valence-corrected chi connectivity index (χ2v) is 5.63. The Kier molecular flexibility index (Phi) is 5.02. The molecule has 0 aliphatic heterocycles. The molecule has 3 rings (SSSR count). The number of nitrogens with one attached hydrogen (secondary N) is 1. The maximum absolute atomic E-state index is 12.1. The van der Waals surface area contributed by atoms with E-state index in [1.54, 1.807) is 0 Å². The normalized spacial score (nSPS) is 11.7. The van der Waals surface area contributed by atoms with Crippen molar-refractivity contribution in [3.05, 3.63) is 70.5 Å². The molecule has 132 valence electrons. The summed E-state index contributed by atoms with van der Waals surface area (Å²) in [6, 6.07) is 13.6. The number of ether oxygens (including phenoxy) is 1. The molecular formula is C18H16N4O4. The van der Waals surface area contributed by atoms with Gasteiger partial charge in [0.25, 0.3) is 11.6 Å². The molecule has 1 atom stereocenters. The number of aromatic nitrogens is 2. The number of non-ortho nitro benzene ring substituents is 1. The summed E-state index contributed by atoms with van der Waals surface area (Å²) in [5.74, 6) is -0.0950. The van der Waals surface area contributed by atoms with Crippen molar-refractivity contribution in [2.45, 2.75) is 13.0 Å². The highest BCUT2D eigenvalue weighted by molar-refractivity contribution is 5.85. The number of fused-ring (bicyclic) bond motifs is 1. The molecule has 1 aromatic heterocycles. The Morgan fingerprint density at radius 3 is 2.73 bits per heavy atom. The molecule has 8 nitrogen and oxygen atoms in total. The van der Waals surface area contributed by atoms with Crippen molar-refractivity contribution < 1.29 is 14.5 Å². The van der Waals surface area contributed by atoms with Crippen LogP contribution in [0.4, 0.5) is 5.69 Å². The fraction of sp³-hybridized carbons (Fsp3) is 0.167. The largest absolute Gasteiger partial charge is 0.467 e. The van der Waals surface area contributed by atoms with Gasteiger partial charge in [0.05, 0.1) is 21.9 Å². The van der Waals surface area contributed by atoms with Gasteiger partial charge in [0, 0.05) is 12.1 Å². The Hall–Kier alpha value is -3.55. The molecular weight excluding hydrogens is 336 g/mol. The molecule has 0 bridgehead atoms. The molecule has 0 aliphatic rings. The number of nitro groups is 1. The van der Waals surface area contributed by atoms with Crippen LogP contribution in [0.25, 0.3) is 10.9 Å². The summed E-state index contributed by atoms with van der Waals surface area (Å²) in [4.78, 5) is 30.5. The summed E-state index contributed by atoms with van der Waals surface area (Å²) >= 11 is 0. The standard InChI is InChI=1S/C18H16N4O4/c1-12(13-5-3-2-4-6-13)21-17(23)10-26-18-15-8-7-14(22(24)25)9-16(15)19-11-20-18/h2-9,11-12H,10H2,1H3,(H,21,23)/t12-/m0/s1. The molecule has 0 saturated carbocycles. The second-order valence-electron chi connectivity index (χ2n) is 5.63. The zero-order chi connectivity index (χ0) is 18.5. The maximum atomic E-state index is 12.1. The molecule has 0 unspecified atom stereocenters. The molecule has 1 amide bonds. The van der Waals surface area contributed by atoms with Crippen molar-refractivity contribution in [3.8, 4) is 5.88 Å². The van der Waals surface area contributed by atoms with Gasteiger partial charge in [0.1, 0.15) is 6.33 Å². The molecule has 1 N–H and O–H groups in total. The number of benzene rings is 2. The van der Waals surface area contributed by atoms with Gasteiger partial charge < -0.3 is 10.1 Å². The molecule has 0 radical (unpaired) electrons. The third kappa shape index (κ3) is 3.92. The number of rotatable bonds is 6. The fourth-order valence-corrected chi connectivity index (χ4v) is 2.49. The van der Waals surface area contributed by atoms with Gasteiger partial charge in [-0.05, 0) is 18.6 Å². The van der Waals surface area contributed by atoms with E-state index >= 15 is 0 Å². The third-order valence-corrected chi connectivity index (χ3v) is 3.81. The number of carbonyl (C=O) groups is 1. The predicted molar refractivity (Wildman–Crippen MR) is 94.7 cm³/mol. The van der Waals surface area contributed by atoms with Crippen LogP contribution in [0.2, 0.25) is 0 Å². The van der Waals surface area contributed by atoms with Crippen LogP contribution in [0.15, 0.2) is 54.9 Å². The van der Waals surface area contributed by atoms with Crippen molar-refractivity contribution in [3.63, 3.8) is 0 Å². The predicted octanol–water partition coefficient (Wildman–Crippen LogP) is 2.79. The Morgan fingerprint density at radius 1 is 1.23 bits per heavy atom. The van der Waals surface area contributed by atoms with Crippen molar-refractivity contribution in [2.75, 3.05) is 6.61 Å². The minimum absolute atomic E-state index is 0.0726. The summed E-state index contributed by atoms with van der Waals surface area (Å²) in [7, 11) is 0. The van der Waals surface area contributed by atoms with Gasteiger partial charge in [0.2, 0.25) is 5.88 Å². The first-order chi connectivity index (χ1) is 12.5. The van der Waals surface area contributed by atoms with Crippen molar-refractivity contribution in [1.29, 1.82) is 0 Å². The topological polar surface area (TPSA) is 107 Å². The summed E-state index contributed by atoms with van der Waals surface area (Å²) in [5.41, 5.74) is 1.29. The molecule has 0 aliphatic carbocycles. The number of nitrogens with zero attached hydrogens (tertiary/aromatic N) is 3. The third-order valence-electron chi connectivity index (χ3n) is 3.81. The highest BCUT2D eigenvalue weighted by Crippen LogP contribution is 2.25. The van der Waals surface area contributed by atoms with E-state index in [0.29, 0.717) is 10.9 Å². The quantitative estimate of drug-likeness (QED) is 0.540. The van der Waals surface area contributed by atoms with E-state index in [0.717, 1.165) is 5.56 Å². The van der Waals surface area contributed by atoms with E-state index in [9.17, 15) is 14.9 Å². The van der Waals surface area contributed by atoms with Crippen LogP contribution in [-0.4, -0.2) is 27.4 Å². The lowest BCUT2D eigenvalue weighted by Gasteiger charge is -2.14. The van der Waals surface area contributed by atoms with Crippen LogP contribution in [0.3, 0.4) is 0 Å². The van der Waals surface area contributed by atoms with E-state index in [-0.39, 0.29) is 30.1 Å². The lowest BCUT2D eigenvalue weighted by molar-refractivity contribution is -0.384. The van der Waals surface area contributed by atoms with E-state index in [1.807, 2.05) is 37.3 Å². The Balaban J connectivity index is 1.67. The molecule has 8 heteroatoms. The molecule has 1 heterocycles. The van der Waals surface area contributed by atoms with Crippen LogP contribution in [-0.2, 0) is 4.79 Å². The molecule has 0 saturated heterocycles. The molecule has 0 fully saturated rings. The van der Waals surface area contributed by atoms with Gasteiger partial charge in [-0.1, -0.05) is 30.3 Å². The van der Waals surface area contributed by atoms with Gasteiger partial charge >= 0.3 is 0 Å². The summed E-state index contributed by atoms with van der Waals surface area (Å²) in [6.45, 7) is 1.66. The zero-order valence-electron chi connectivity index (χ0n) is 14.0. The van der Waals surface area contributed by atoms with E-state index < -0.39 is 4.92 Å². The lowest BCUT2D eigenvalue weighted by atomic mass is 10.1. The van der Waals surface area contributed by atoms with Crippen LogP contribution in [0.5, 0.6) is 5.88 Å². The first-order valence-corrected chi connectivity index (χ1v) is 7.91. The summed E-state index contributed by atoms with van der Waals surface area (Å²) in [6.07, 6.45) is 1.24. The number of hydrogen-bond donors (Lipinski definition) is 1. The van der Waals surface area contributed by atoms with Gasteiger partial charge in [-0.3, -0.25) is 14.9 Å². The Bertz CT molecular complexity index is 946. The van der Waals surface area contributed by atoms with Crippen molar-refractivity contribution in [2.24, 2.45) is 0 Å². The van der Waals surface area contributed by atoms with Gasteiger partial charge in [-0.25, -0.2) is 9.97 Å². The number of nitro benzene ring substituents is 1. The molecule has 3 aromatic rings. The summed E-state index contributed by atoms with van der Waals surface area (Å²) in [5, 5.41) is 14.2. The smallest absolute Gasteiger partial charge is 0.271 e. The fourth-order valence-electron chi connectivity index (χ4n) is 2.49. The monoisotopic (exact) mass is 352 g/mol. The van der Waals surface area contributed by atoms with Crippen LogP contribution in [0.1, 0.15) is 18.5 Å². The Morgan fingerprint density at radius 2 is 2.00 bits per heavy atom. The average Bonchev–Trinajstić information content (AvgIpc) is 2.66. The highest BCUT2D eigenvalue weighted by Gasteiger charge is 2.13. The first-order valence-electron chi connectivity index (χ1n) is 7.91. The summed E-state index contributed by atoms with van der Waals surface area (Å²) < 4.78 is 5.49. The van der Waals surface area contributed by atoms with Gasteiger partial charge in [-0.15, -0.1) is 0 Å². The average molecular weight is 352 g/mol. The molecule has 26 heavy (non-hydrogen) atoms. The lowest BCUT2D eigenvalue weighted by Crippen LogP contribution is -2.31. The number of hydrogen-bond acceptors (Lipinski definition) is 6. The Labute approximate surface area is 149 Å². The van der Waals surface area contributed by atoms with Crippen LogP contribution in [0, 0.1) is 10.1 Å². The molecule has 2 aromatic carbocycles. The SMILES string of the molecule is C[C@H](NC(=O)COc1ncnc2cc([N+](=O)[O-])ccc12)c1ccccc1. The van der Waals surface area contributed by atoms with E-state index in [4.69, 9.17) is 4.74 Å². The number of carbonyl (C=O) groups excluding carboxylic acids is 1. The minimum atomic E-state index is -0.500. The minimum Gasteiger partial charge on any atom is -0.467 e. The van der Waals surface area contributed by atoms with Crippen LogP contribution < -0.4 is 10.1 Å². The highest BCUT2D eigenvalue weighted by atomic mass is 16.6. The zero-order valence-corrected chi connectivity index (χ0v) is 14.0. The second kappa shape index (κ2) is 7.56.